The highest BCUT2D eigenvalue weighted by molar-refractivity contribution is 5.25. The van der Waals surface area contributed by atoms with Gasteiger partial charge in [-0.15, -0.1) is 0 Å². The molecule has 0 saturated heterocycles. The predicted molar refractivity (Wildman–Crippen MR) is 116 cm³/mol. The summed E-state index contributed by atoms with van der Waals surface area (Å²) < 4.78 is 72.2. The van der Waals surface area contributed by atoms with Gasteiger partial charge in [0, 0.05) is 12.1 Å². The highest BCUT2D eigenvalue weighted by Crippen LogP contribution is 2.39. The molecule has 6 heteroatoms. The Morgan fingerprint density at radius 3 is 1.56 bits per heavy atom. The van der Waals surface area contributed by atoms with Crippen LogP contribution in [-0.2, 0) is 0 Å². The monoisotopic (exact) mass is 460 g/mol. The molecule has 1 aromatic carbocycles. The van der Waals surface area contributed by atoms with Crippen molar-refractivity contribution < 1.29 is 26.7 Å². The second-order valence-corrected chi connectivity index (χ2v) is 10.1. The zero-order valence-corrected chi connectivity index (χ0v) is 19.2. The second-order valence-electron chi connectivity index (χ2n) is 10.1. The molecule has 3 rings (SSSR count). The lowest BCUT2D eigenvalue weighted by molar-refractivity contribution is -0.183. The number of benzene rings is 1. The molecule has 0 amide bonds. The fraction of sp³-hybridized carbons (Fsp3) is 0.769. The smallest absolute Gasteiger partial charge is 0.397 e. The molecule has 0 aromatic heterocycles. The molecule has 1 nitrogen and oxygen atoms in total. The van der Waals surface area contributed by atoms with Gasteiger partial charge in [-0.2, -0.15) is 8.78 Å². The predicted octanol–water partition coefficient (Wildman–Crippen LogP) is 9.05. The molecule has 32 heavy (non-hydrogen) atoms. The minimum atomic E-state index is -3.54. The van der Waals surface area contributed by atoms with Gasteiger partial charge in [0.25, 0.3) is 0 Å². The number of halogens is 5. The molecule has 0 heterocycles. The van der Waals surface area contributed by atoms with Crippen LogP contribution in [0.4, 0.5) is 22.0 Å². The lowest BCUT2D eigenvalue weighted by Gasteiger charge is -2.32. The van der Waals surface area contributed by atoms with Crippen LogP contribution in [0.15, 0.2) is 12.1 Å². The summed E-state index contributed by atoms with van der Waals surface area (Å²) >= 11 is 0. The summed E-state index contributed by atoms with van der Waals surface area (Å²) in [6, 6.07) is 0.904. The van der Waals surface area contributed by atoms with Gasteiger partial charge >= 0.3 is 6.11 Å². The number of rotatable bonds is 10. The molecule has 2 saturated carbocycles. The SMILES string of the molecule is CCCC1CCC(CCC2CCC(CCC(F)(F)Oc3cc(F)c(F)c(F)c3)CC2)CC1. The van der Waals surface area contributed by atoms with Gasteiger partial charge in [-0.1, -0.05) is 84.0 Å². The summed E-state index contributed by atoms with van der Waals surface area (Å²) in [6.07, 6.45) is 11.1. The van der Waals surface area contributed by atoms with Gasteiger partial charge in [-0.3, -0.25) is 0 Å². The van der Waals surface area contributed by atoms with Gasteiger partial charge in [-0.25, -0.2) is 13.2 Å². The average molecular weight is 461 g/mol. The quantitative estimate of drug-likeness (QED) is 0.250. The third-order valence-electron chi connectivity index (χ3n) is 7.68. The van der Waals surface area contributed by atoms with E-state index in [1.54, 1.807) is 0 Å². The van der Waals surface area contributed by atoms with Gasteiger partial charge in [-0.05, 0) is 30.1 Å². The maximum absolute atomic E-state index is 14.1. The van der Waals surface area contributed by atoms with Crippen molar-refractivity contribution in [3.63, 3.8) is 0 Å². The standard InChI is InChI=1S/C26H37F5O/c1-2-3-18-4-6-19(7-5-18)8-9-20-10-12-21(13-11-20)14-15-26(30,31)32-22-16-23(27)25(29)24(28)17-22/h16-21H,2-15H2,1H3. The van der Waals surface area contributed by atoms with E-state index < -0.39 is 35.7 Å². The topological polar surface area (TPSA) is 9.23 Å². The van der Waals surface area contributed by atoms with E-state index in [4.69, 9.17) is 0 Å². The Kier molecular flexibility index (Phi) is 9.24. The summed E-state index contributed by atoms with van der Waals surface area (Å²) in [5.74, 6) is -2.71. The molecule has 0 aliphatic heterocycles. The van der Waals surface area contributed by atoms with Crippen molar-refractivity contribution in [1.29, 1.82) is 0 Å². The van der Waals surface area contributed by atoms with E-state index in [1.807, 2.05) is 0 Å². The van der Waals surface area contributed by atoms with Gasteiger partial charge < -0.3 is 4.74 Å². The molecule has 182 valence electrons. The first-order valence-corrected chi connectivity index (χ1v) is 12.5. The summed E-state index contributed by atoms with van der Waals surface area (Å²) in [5.41, 5.74) is 0. The zero-order chi connectivity index (χ0) is 23.1. The van der Waals surface area contributed by atoms with Crippen LogP contribution in [-0.4, -0.2) is 6.11 Å². The lowest BCUT2D eigenvalue weighted by Crippen LogP contribution is -2.26. The van der Waals surface area contributed by atoms with Crippen molar-refractivity contribution in [1.82, 2.24) is 0 Å². The Morgan fingerprint density at radius 1 is 0.719 bits per heavy atom. The molecule has 1 aromatic rings. The molecule has 0 radical (unpaired) electrons. The molecule has 0 unspecified atom stereocenters. The highest BCUT2D eigenvalue weighted by atomic mass is 19.3. The molecule has 0 spiro atoms. The highest BCUT2D eigenvalue weighted by Gasteiger charge is 2.34. The van der Waals surface area contributed by atoms with Gasteiger partial charge in [0.1, 0.15) is 5.75 Å². The Balaban J connectivity index is 1.33. The Hall–Kier alpha value is -1.33. The number of ether oxygens (including phenoxy) is 1. The van der Waals surface area contributed by atoms with Crippen molar-refractivity contribution in [3.8, 4) is 5.75 Å². The van der Waals surface area contributed by atoms with Gasteiger partial charge in [0.05, 0.1) is 6.42 Å². The molecule has 0 atom stereocenters. The summed E-state index contributed by atoms with van der Waals surface area (Å²) in [4.78, 5) is 0. The first-order valence-electron chi connectivity index (χ1n) is 12.5. The van der Waals surface area contributed by atoms with E-state index in [9.17, 15) is 22.0 Å². The molecular weight excluding hydrogens is 423 g/mol. The van der Waals surface area contributed by atoms with E-state index in [0.717, 1.165) is 37.5 Å². The normalized spacial score (nSPS) is 26.8. The van der Waals surface area contributed by atoms with Crippen molar-refractivity contribution >= 4 is 0 Å². The van der Waals surface area contributed by atoms with Crippen LogP contribution in [0.5, 0.6) is 5.75 Å². The maximum Gasteiger partial charge on any atom is 0.397 e. The van der Waals surface area contributed by atoms with Gasteiger partial charge in [0.15, 0.2) is 17.5 Å². The third kappa shape index (κ3) is 7.62. The van der Waals surface area contributed by atoms with Crippen LogP contribution in [0.1, 0.15) is 96.8 Å². The largest absolute Gasteiger partial charge is 0.432 e. The van der Waals surface area contributed by atoms with Crippen LogP contribution >= 0.6 is 0 Å². The minimum absolute atomic E-state index is 0.229. The fourth-order valence-electron chi connectivity index (χ4n) is 5.68. The summed E-state index contributed by atoms with van der Waals surface area (Å²) in [7, 11) is 0. The molecular formula is C26H37F5O. The number of hydrogen-bond donors (Lipinski definition) is 0. The Bertz CT molecular complexity index is 683. The molecule has 0 bridgehead atoms. The van der Waals surface area contributed by atoms with Crippen molar-refractivity contribution in [2.24, 2.45) is 23.7 Å². The van der Waals surface area contributed by atoms with Crippen LogP contribution in [0, 0.1) is 41.1 Å². The van der Waals surface area contributed by atoms with Gasteiger partial charge in [0.2, 0.25) is 0 Å². The lowest BCUT2D eigenvalue weighted by atomic mass is 9.74. The maximum atomic E-state index is 14.1. The second kappa shape index (κ2) is 11.7. The molecule has 0 N–H and O–H groups in total. The summed E-state index contributed by atoms with van der Waals surface area (Å²) in [6.45, 7) is 2.27. The van der Waals surface area contributed by atoms with Crippen LogP contribution in [0.25, 0.3) is 0 Å². The Labute approximate surface area is 189 Å². The molecule has 2 aliphatic carbocycles. The molecule has 2 fully saturated rings. The first-order chi connectivity index (χ1) is 15.3. The van der Waals surface area contributed by atoms with E-state index >= 15 is 0 Å². The molecule has 2 aliphatic rings. The van der Waals surface area contributed by atoms with Crippen molar-refractivity contribution in [3.05, 3.63) is 29.6 Å². The summed E-state index contributed by atoms with van der Waals surface area (Å²) in [5, 5.41) is 0. The fourth-order valence-corrected chi connectivity index (χ4v) is 5.68. The number of alkyl halides is 2. The van der Waals surface area contributed by atoms with E-state index in [1.165, 1.54) is 51.4 Å². The van der Waals surface area contributed by atoms with E-state index in [-0.39, 0.29) is 5.92 Å². The third-order valence-corrected chi connectivity index (χ3v) is 7.68. The van der Waals surface area contributed by atoms with Crippen molar-refractivity contribution in [2.75, 3.05) is 0 Å². The minimum Gasteiger partial charge on any atom is -0.432 e. The van der Waals surface area contributed by atoms with Crippen molar-refractivity contribution in [2.45, 2.75) is 103 Å². The van der Waals surface area contributed by atoms with Crippen LogP contribution in [0.2, 0.25) is 0 Å². The zero-order valence-electron chi connectivity index (χ0n) is 19.2. The van der Waals surface area contributed by atoms with E-state index in [2.05, 4.69) is 11.7 Å². The average Bonchev–Trinajstić information content (AvgIpc) is 2.76. The van der Waals surface area contributed by atoms with E-state index in [0.29, 0.717) is 24.5 Å². The van der Waals surface area contributed by atoms with Crippen LogP contribution in [0.3, 0.4) is 0 Å². The Morgan fingerprint density at radius 2 is 1.12 bits per heavy atom. The number of hydrogen-bond acceptors (Lipinski definition) is 1. The first kappa shape index (κ1) is 25.3. The van der Waals surface area contributed by atoms with Crippen LogP contribution < -0.4 is 4.74 Å².